The van der Waals surface area contributed by atoms with Crippen molar-refractivity contribution in [2.75, 3.05) is 7.05 Å². The Bertz CT molecular complexity index is 352. The number of nitrogens with zero attached hydrogens (tertiary/aromatic N) is 2. The molecule has 0 fully saturated rings. The van der Waals surface area contributed by atoms with Gasteiger partial charge in [-0.15, -0.1) is 11.3 Å². The standard InChI is InChI=1S/C11H18N2OS/c1-8-12-6-9(15-8)7-13(5)10(14)11(2,3)4/h6H,7H2,1-5H3. The van der Waals surface area contributed by atoms with E-state index in [9.17, 15) is 4.79 Å². The average molecular weight is 226 g/mol. The van der Waals surface area contributed by atoms with Gasteiger partial charge in [0.05, 0.1) is 11.6 Å². The number of carbonyl (C=O) groups excluding carboxylic acids is 1. The molecule has 1 aromatic rings. The van der Waals surface area contributed by atoms with Gasteiger partial charge in [0.2, 0.25) is 5.91 Å². The van der Waals surface area contributed by atoms with Gasteiger partial charge in [0, 0.05) is 23.5 Å². The fourth-order valence-corrected chi connectivity index (χ4v) is 2.21. The van der Waals surface area contributed by atoms with Crippen LogP contribution < -0.4 is 0 Å². The van der Waals surface area contributed by atoms with Gasteiger partial charge in [-0.2, -0.15) is 0 Å². The molecule has 0 saturated carbocycles. The lowest BCUT2D eigenvalue weighted by Gasteiger charge is -2.25. The molecular formula is C11H18N2OS. The molecule has 1 heterocycles. The molecule has 1 aromatic heterocycles. The monoisotopic (exact) mass is 226 g/mol. The van der Waals surface area contributed by atoms with Crippen molar-refractivity contribution >= 4 is 17.2 Å². The highest BCUT2D eigenvalue weighted by atomic mass is 32.1. The number of amides is 1. The fourth-order valence-electron chi connectivity index (χ4n) is 1.36. The van der Waals surface area contributed by atoms with Crippen LogP contribution in [-0.2, 0) is 11.3 Å². The second-order valence-corrected chi connectivity index (χ2v) is 6.08. The first-order chi connectivity index (χ1) is 6.80. The highest BCUT2D eigenvalue weighted by Crippen LogP contribution is 2.19. The van der Waals surface area contributed by atoms with Gasteiger partial charge < -0.3 is 4.90 Å². The third-order valence-corrected chi connectivity index (χ3v) is 2.95. The van der Waals surface area contributed by atoms with E-state index in [-0.39, 0.29) is 11.3 Å². The maximum atomic E-state index is 11.9. The first kappa shape index (κ1) is 12.2. The van der Waals surface area contributed by atoms with Crippen molar-refractivity contribution in [1.82, 2.24) is 9.88 Å². The van der Waals surface area contributed by atoms with E-state index < -0.39 is 0 Å². The lowest BCUT2D eigenvalue weighted by molar-refractivity contribution is -0.138. The molecule has 1 amide bonds. The van der Waals surface area contributed by atoms with Crippen LogP contribution in [0.2, 0.25) is 0 Å². The molecule has 0 saturated heterocycles. The molecular weight excluding hydrogens is 208 g/mol. The summed E-state index contributed by atoms with van der Waals surface area (Å²) >= 11 is 1.64. The zero-order valence-corrected chi connectivity index (χ0v) is 10.8. The van der Waals surface area contributed by atoms with Crippen molar-refractivity contribution in [2.45, 2.75) is 34.2 Å². The highest BCUT2D eigenvalue weighted by molar-refractivity contribution is 7.11. The van der Waals surface area contributed by atoms with E-state index in [1.54, 1.807) is 16.2 Å². The minimum Gasteiger partial charge on any atom is -0.340 e. The Morgan fingerprint density at radius 1 is 1.53 bits per heavy atom. The Morgan fingerprint density at radius 3 is 2.53 bits per heavy atom. The molecule has 0 aromatic carbocycles. The molecule has 3 nitrogen and oxygen atoms in total. The molecule has 0 unspecified atom stereocenters. The van der Waals surface area contributed by atoms with E-state index >= 15 is 0 Å². The van der Waals surface area contributed by atoms with E-state index in [0.29, 0.717) is 6.54 Å². The average Bonchev–Trinajstić information content (AvgIpc) is 2.48. The maximum absolute atomic E-state index is 11.9. The van der Waals surface area contributed by atoms with Gasteiger partial charge in [-0.3, -0.25) is 4.79 Å². The number of aryl methyl sites for hydroxylation is 1. The number of aromatic nitrogens is 1. The van der Waals surface area contributed by atoms with Crippen LogP contribution in [0.3, 0.4) is 0 Å². The Hall–Kier alpha value is -0.900. The third kappa shape index (κ3) is 3.30. The molecule has 0 spiro atoms. The van der Waals surface area contributed by atoms with Crippen molar-refractivity contribution in [3.05, 3.63) is 16.1 Å². The lowest BCUT2D eigenvalue weighted by Crippen LogP contribution is -2.35. The predicted octanol–water partition coefficient (Wildman–Crippen LogP) is 2.46. The zero-order valence-electron chi connectivity index (χ0n) is 10.00. The molecule has 0 aliphatic rings. The van der Waals surface area contributed by atoms with Gasteiger partial charge in [-0.05, 0) is 6.92 Å². The van der Waals surface area contributed by atoms with Crippen LogP contribution in [0.1, 0.15) is 30.7 Å². The number of hydrogen-bond donors (Lipinski definition) is 0. The van der Waals surface area contributed by atoms with E-state index in [0.717, 1.165) is 9.88 Å². The van der Waals surface area contributed by atoms with Crippen LogP contribution in [0.4, 0.5) is 0 Å². The van der Waals surface area contributed by atoms with Crippen molar-refractivity contribution in [3.63, 3.8) is 0 Å². The van der Waals surface area contributed by atoms with Crippen LogP contribution in [0.5, 0.6) is 0 Å². The number of hydrogen-bond acceptors (Lipinski definition) is 3. The number of thiazole rings is 1. The summed E-state index contributed by atoms with van der Waals surface area (Å²) in [6.07, 6.45) is 1.84. The van der Waals surface area contributed by atoms with Gasteiger partial charge in [0.1, 0.15) is 0 Å². The molecule has 15 heavy (non-hydrogen) atoms. The summed E-state index contributed by atoms with van der Waals surface area (Å²) in [5.74, 6) is 0.161. The summed E-state index contributed by atoms with van der Waals surface area (Å²) in [5.41, 5.74) is -0.311. The quantitative estimate of drug-likeness (QED) is 0.776. The van der Waals surface area contributed by atoms with Gasteiger partial charge in [-0.1, -0.05) is 20.8 Å². The second kappa shape index (κ2) is 4.31. The number of carbonyl (C=O) groups is 1. The summed E-state index contributed by atoms with van der Waals surface area (Å²) < 4.78 is 0. The summed E-state index contributed by atoms with van der Waals surface area (Å²) in [5, 5.41) is 1.04. The number of rotatable bonds is 2. The van der Waals surface area contributed by atoms with E-state index in [1.165, 1.54) is 0 Å². The molecule has 0 aliphatic carbocycles. The normalized spacial score (nSPS) is 11.5. The van der Waals surface area contributed by atoms with Crippen molar-refractivity contribution in [2.24, 2.45) is 5.41 Å². The SMILES string of the molecule is Cc1ncc(CN(C)C(=O)C(C)(C)C)s1. The fraction of sp³-hybridized carbons (Fsp3) is 0.636. The first-order valence-electron chi connectivity index (χ1n) is 4.97. The topological polar surface area (TPSA) is 33.2 Å². The Morgan fingerprint density at radius 2 is 2.13 bits per heavy atom. The largest absolute Gasteiger partial charge is 0.340 e. The minimum atomic E-state index is -0.311. The summed E-state index contributed by atoms with van der Waals surface area (Å²) in [6.45, 7) is 8.43. The van der Waals surface area contributed by atoms with E-state index in [4.69, 9.17) is 0 Å². The predicted molar refractivity (Wildman–Crippen MR) is 62.8 cm³/mol. The molecule has 1 rings (SSSR count). The van der Waals surface area contributed by atoms with Gasteiger partial charge in [-0.25, -0.2) is 4.98 Å². The van der Waals surface area contributed by atoms with Crippen molar-refractivity contribution in [3.8, 4) is 0 Å². The van der Waals surface area contributed by atoms with Crippen molar-refractivity contribution < 1.29 is 4.79 Å². The molecule has 0 bridgehead atoms. The summed E-state index contributed by atoms with van der Waals surface area (Å²) in [4.78, 5) is 18.9. The Balaban J connectivity index is 2.64. The third-order valence-electron chi connectivity index (χ3n) is 2.05. The van der Waals surface area contributed by atoms with Gasteiger partial charge >= 0.3 is 0 Å². The summed E-state index contributed by atoms with van der Waals surface area (Å²) in [6, 6.07) is 0. The minimum absolute atomic E-state index is 0.161. The molecule has 0 atom stereocenters. The lowest BCUT2D eigenvalue weighted by atomic mass is 9.95. The zero-order chi connectivity index (χ0) is 11.6. The van der Waals surface area contributed by atoms with Crippen LogP contribution in [0, 0.1) is 12.3 Å². The first-order valence-corrected chi connectivity index (χ1v) is 5.79. The van der Waals surface area contributed by atoms with Gasteiger partial charge in [0.25, 0.3) is 0 Å². The Labute approximate surface area is 95.1 Å². The molecule has 0 N–H and O–H groups in total. The van der Waals surface area contributed by atoms with Crippen LogP contribution >= 0.6 is 11.3 Å². The van der Waals surface area contributed by atoms with Crippen LogP contribution in [0.15, 0.2) is 6.20 Å². The van der Waals surface area contributed by atoms with E-state index in [2.05, 4.69) is 4.98 Å². The molecule has 0 aliphatic heterocycles. The molecule has 4 heteroatoms. The second-order valence-electron chi connectivity index (χ2n) is 4.76. The smallest absolute Gasteiger partial charge is 0.228 e. The van der Waals surface area contributed by atoms with Crippen LogP contribution in [-0.4, -0.2) is 22.8 Å². The summed E-state index contributed by atoms with van der Waals surface area (Å²) in [7, 11) is 1.84. The molecule has 84 valence electrons. The van der Waals surface area contributed by atoms with E-state index in [1.807, 2.05) is 40.9 Å². The Kier molecular flexibility index (Phi) is 3.50. The maximum Gasteiger partial charge on any atom is 0.228 e. The molecule has 0 radical (unpaired) electrons. The van der Waals surface area contributed by atoms with Gasteiger partial charge in [0.15, 0.2) is 0 Å². The van der Waals surface area contributed by atoms with Crippen molar-refractivity contribution in [1.29, 1.82) is 0 Å². The van der Waals surface area contributed by atoms with Crippen LogP contribution in [0.25, 0.3) is 0 Å². The highest BCUT2D eigenvalue weighted by Gasteiger charge is 2.25.